The van der Waals surface area contributed by atoms with Crippen LogP contribution in [-0.2, 0) is 10.0 Å². The molecule has 3 nitrogen and oxygen atoms in total. The van der Waals surface area contributed by atoms with Gasteiger partial charge in [-0.05, 0) is 18.4 Å². The second-order valence-corrected chi connectivity index (χ2v) is 6.37. The molecule has 0 bridgehead atoms. The Morgan fingerprint density at radius 2 is 1.82 bits per heavy atom. The molecule has 0 aliphatic rings. The maximum Gasteiger partial charge on any atom is 0.212 e. The van der Waals surface area contributed by atoms with E-state index in [0.717, 1.165) is 5.56 Å². The minimum absolute atomic E-state index is 0.0313. The van der Waals surface area contributed by atoms with Crippen LogP contribution in [0.5, 0.6) is 0 Å². The SMILES string of the molecule is CC(CCl)NS(=O)(=O)CC(C)c1ccccc1. The van der Waals surface area contributed by atoms with E-state index in [1.165, 1.54) is 0 Å². The molecular formula is C12H18ClNO2S. The smallest absolute Gasteiger partial charge is 0.212 e. The molecule has 0 aromatic heterocycles. The van der Waals surface area contributed by atoms with Gasteiger partial charge in [0.15, 0.2) is 0 Å². The van der Waals surface area contributed by atoms with Crippen molar-refractivity contribution in [2.75, 3.05) is 11.6 Å². The highest BCUT2D eigenvalue weighted by Gasteiger charge is 2.18. The third-order valence-electron chi connectivity index (χ3n) is 2.45. The Morgan fingerprint density at radius 3 is 2.35 bits per heavy atom. The molecule has 1 aromatic rings. The summed E-state index contributed by atoms with van der Waals surface area (Å²) in [5.74, 6) is 0.327. The van der Waals surface area contributed by atoms with E-state index in [9.17, 15) is 8.42 Å². The summed E-state index contributed by atoms with van der Waals surface area (Å²) < 4.78 is 26.2. The van der Waals surface area contributed by atoms with Crippen molar-refractivity contribution in [2.24, 2.45) is 0 Å². The fraction of sp³-hybridized carbons (Fsp3) is 0.500. The van der Waals surface area contributed by atoms with Gasteiger partial charge in [-0.25, -0.2) is 13.1 Å². The largest absolute Gasteiger partial charge is 0.212 e. The van der Waals surface area contributed by atoms with E-state index >= 15 is 0 Å². The van der Waals surface area contributed by atoms with Crippen molar-refractivity contribution in [1.29, 1.82) is 0 Å². The van der Waals surface area contributed by atoms with E-state index in [4.69, 9.17) is 11.6 Å². The first kappa shape index (κ1) is 14.5. The fourth-order valence-corrected chi connectivity index (χ4v) is 3.41. The monoisotopic (exact) mass is 275 g/mol. The van der Waals surface area contributed by atoms with E-state index in [-0.39, 0.29) is 23.6 Å². The van der Waals surface area contributed by atoms with Crippen LogP contribution < -0.4 is 4.72 Å². The Balaban J connectivity index is 2.65. The standard InChI is InChI=1S/C12H18ClNO2S/c1-10(12-6-4-3-5-7-12)9-17(15,16)14-11(2)8-13/h3-7,10-11,14H,8-9H2,1-2H3. The molecule has 17 heavy (non-hydrogen) atoms. The van der Waals surface area contributed by atoms with Gasteiger partial charge < -0.3 is 0 Å². The van der Waals surface area contributed by atoms with Gasteiger partial charge in [0.25, 0.3) is 0 Å². The molecule has 1 rings (SSSR count). The maximum absolute atomic E-state index is 11.8. The Labute approximate surface area is 108 Å². The zero-order valence-corrected chi connectivity index (χ0v) is 11.6. The molecule has 0 amide bonds. The number of rotatable bonds is 6. The van der Waals surface area contributed by atoms with Crippen molar-refractivity contribution in [1.82, 2.24) is 4.72 Å². The third kappa shape index (κ3) is 5.06. The van der Waals surface area contributed by atoms with Gasteiger partial charge in [-0.2, -0.15) is 0 Å². The van der Waals surface area contributed by atoms with Crippen LogP contribution in [-0.4, -0.2) is 26.1 Å². The van der Waals surface area contributed by atoms with Crippen molar-refractivity contribution in [3.05, 3.63) is 35.9 Å². The molecule has 5 heteroatoms. The molecule has 2 atom stereocenters. The summed E-state index contributed by atoms with van der Waals surface area (Å²) in [7, 11) is -3.27. The van der Waals surface area contributed by atoms with Gasteiger partial charge in [-0.3, -0.25) is 0 Å². The molecular weight excluding hydrogens is 258 g/mol. The van der Waals surface area contributed by atoms with Gasteiger partial charge in [0, 0.05) is 11.9 Å². The number of sulfonamides is 1. The molecule has 0 saturated heterocycles. The number of hydrogen-bond donors (Lipinski definition) is 1. The average Bonchev–Trinajstić information content (AvgIpc) is 2.28. The highest BCUT2D eigenvalue weighted by Crippen LogP contribution is 2.16. The number of hydrogen-bond acceptors (Lipinski definition) is 2. The van der Waals surface area contributed by atoms with Crippen LogP contribution in [0.4, 0.5) is 0 Å². The van der Waals surface area contributed by atoms with Crippen LogP contribution in [0.15, 0.2) is 30.3 Å². The van der Waals surface area contributed by atoms with Gasteiger partial charge in [0.2, 0.25) is 10.0 Å². The van der Waals surface area contributed by atoms with Crippen molar-refractivity contribution in [3.63, 3.8) is 0 Å². The first-order chi connectivity index (χ1) is 7.94. The van der Waals surface area contributed by atoms with Gasteiger partial charge in [0.05, 0.1) is 5.75 Å². The van der Waals surface area contributed by atoms with E-state index in [2.05, 4.69) is 4.72 Å². The van der Waals surface area contributed by atoms with Crippen LogP contribution in [0.25, 0.3) is 0 Å². The van der Waals surface area contributed by atoms with Crippen LogP contribution in [0.3, 0.4) is 0 Å². The van der Waals surface area contributed by atoms with Gasteiger partial charge >= 0.3 is 0 Å². The van der Waals surface area contributed by atoms with Crippen molar-refractivity contribution >= 4 is 21.6 Å². The summed E-state index contributed by atoms with van der Waals surface area (Å²) in [6.45, 7) is 3.65. The molecule has 0 saturated carbocycles. The lowest BCUT2D eigenvalue weighted by Crippen LogP contribution is -2.36. The summed E-state index contributed by atoms with van der Waals surface area (Å²) in [5, 5.41) is 0. The number of benzene rings is 1. The molecule has 0 aliphatic carbocycles. The van der Waals surface area contributed by atoms with Gasteiger partial charge in [0.1, 0.15) is 0 Å². The second-order valence-electron chi connectivity index (χ2n) is 4.27. The quantitative estimate of drug-likeness (QED) is 0.810. The lowest BCUT2D eigenvalue weighted by atomic mass is 10.0. The topological polar surface area (TPSA) is 46.2 Å². The van der Waals surface area contributed by atoms with Crippen LogP contribution in [0.2, 0.25) is 0 Å². The van der Waals surface area contributed by atoms with Crippen molar-refractivity contribution in [3.8, 4) is 0 Å². The molecule has 1 N–H and O–H groups in total. The molecule has 0 radical (unpaired) electrons. The zero-order valence-electron chi connectivity index (χ0n) is 10.1. The van der Waals surface area contributed by atoms with E-state index in [1.54, 1.807) is 6.92 Å². The van der Waals surface area contributed by atoms with E-state index < -0.39 is 10.0 Å². The molecule has 0 spiro atoms. The normalized spacial score (nSPS) is 15.5. The molecule has 0 heterocycles. The Hall–Kier alpha value is -0.580. The Morgan fingerprint density at radius 1 is 1.24 bits per heavy atom. The lowest BCUT2D eigenvalue weighted by Gasteiger charge is -2.15. The predicted molar refractivity (Wildman–Crippen MR) is 72.0 cm³/mol. The zero-order chi connectivity index (χ0) is 12.9. The lowest BCUT2D eigenvalue weighted by molar-refractivity contribution is 0.565. The van der Waals surface area contributed by atoms with Crippen LogP contribution in [0, 0.1) is 0 Å². The van der Waals surface area contributed by atoms with Crippen molar-refractivity contribution < 1.29 is 8.42 Å². The van der Waals surface area contributed by atoms with E-state index in [1.807, 2.05) is 37.3 Å². The Bertz CT molecular complexity index is 433. The summed E-state index contributed by atoms with van der Waals surface area (Å²) in [6.07, 6.45) is 0. The summed E-state index contributed by atoms with van der Waals surface area (Å²) in [4.78, 5) is 0. The fourth-order valence-electron chi connectivity index (χ4n) is 1.59. The summed E-state index contributed by atoms with van der Waals surface area (Å²) >= 11 is 5.58. The molecule has 96 valence electrons. The first-order valence-corrected chi connectivity index (χ1v) is 7.74. The van der Waals surface area contributed by atoms with Gasteiger partial charge in [-0.1, -0.05) is 37.3 Å². The average molecular weight is 276 g/mol. The number of nitrogens with one attached hydrogen (secondary N) is 1. The molecule has 0 aliphatic heterocycles. The van der Waals surface area contributed by atoms with Crippen molar-refractivity contribution in [2.45, 2.75) is 25.8 Å². The maximum atomic E-state index is 11.8. The number of halogens is 1. The highest BCUT2D eigenvalue weighted by atomic mass is 35.5. The molecule has 0 fully saturated rings. The summed E-state index contributed by atoms with van der Waals surface area (Å²) in [6, 6.07) is 9.37. The third-order valence-corrected chi connectivity index (χ3v) is 4.61. The van der Waals surface area contributed by atoms with Crippen LogP contribution >= 0.6 is 11.6 Å². The second kappa shape index (κ2) is 6.38. The Kier molecular flexibility index (Phi) is 5.43. The molecule has 1 aromatic carbocycles. The first-order valence-electron chi connectivity index (χ1n) is 5.55. The molecule has 2 unspecified atom stereocenters. The highest BCUT2D eigenvalue weighted by molar-refractivity contribution is 7.89. The predicted octanol–water partition coefficient (Wildman–Crippen LogP) is 2.34. The minimum Gasteiger partial charge on any atom is -0.212 e. The number of alkyl halides is 1. The van der Waals surface area contributed by atoms with E-state index in [0.29, 0.717) is 0 Å². The van der Waals surface area contributed by atoms with Gasteiger partial charge in [-0.15, -0.1) is 11.6 Å². The summed E-state index contributed by atoms with van der Waals surface area (Å²) in [5.41, 5.74) is 1.02. The minimum atomic E-state index is -3.27. The van der Waals surface area contributed by atoms with Crippen LogP contribution in [0.1, 0.15) is 25.3 Å².